The van der Waals surface area contributed by atoms with E-state index in [1.807, 2.05) is 0 Å². The van der Waals surface area contributed by atoms with E-state index in [2.05, 4.69) is 20.7 Å². The van der Waals surface area contributed by atoms with Crippen LogP contribution in [0.15, 0.2) is 29.0 Å². The molecule has 0 aliphatic carbocycles. The van der Waals surface area contributed by atoms with E-state index < -0.39 is 10.7 Å². The lowest BCUT2D eigenvalue weighted by Crippen LogP contribution is -2.00. The summed E-state index contributed by atoms with van der Waals surface area (Å²) in [4.78, 5) is 11.0. The predicted molar refractivity (Wildman–Crippen MR) is 55.8 cm³/mol. The van der Waals surface area contributed by atoms with Crippen LogP contribution in [0.2, 0.25) is 0 Å². The summed E-state index contributed by atoms with van der Waals surface area (Å²) in [6, 6.07) is 6.42. The van der Waals surface area contributed by atoms with Gasteiger partial charge in [-0.2, -0.15) is 4.39 Å². The van der Waals surface area contributed by atoms with Gasteiger partial charge in [0.05, 0.1) is 12.7 Å². The van der Waals surface area contributed by atoms with Crippen molar-refractivity contribution in [3.8, 4) is 0 Å². The van der Waals surface area contributed by atoms with Crippen LogP contribution in [0.5, 0.6) is 0 Å². The predicted octanol–water partition coefficient (Wildman–Crippen LogP) is 3.14. The Balaban J connectivity index is 2.89. The highest BCUT2D eigenvalue weighted by atomic mass is 79.9. The van der Waals surface area contributed by atoms with Crippen LogP contribution in [0.3, 0.4) is 0 Å². The normalized spacial score (nSPS) is 11.2. The van der Waals surface area contributed by atoms with Crippen LogP contribution in [-0.4, -0.2) is 13.1 Å². The second-order valence-corrected chi connectivity index (χ2v) is 3.31. The molecule has 0 unspecified atom stereocenters. The highest BCUT2D eigenvalue weighted by Crippen LogP contribution is 2.14. The molecule has 14 heavy (non-hydrogen) atoms. The van der Waals surface area contributed by atoms with Crippen molar-refractivity contribution in [3.63, 3.8) is 0 Å². The Morgan fingerprint density at radius 3 is 2.43 bits per heavy atom. The Labute approximate surface area is 89.5 Å². The first-order valence-electron chi connectivity index (χ1n) is 3.84. The zero-order valence-corrected chi connectivity index (χ0v) is 9.05. The van der Waals surface area contributed by atoms with Gasteiger partial charge >= 0.3 is 5.97 Å². The molecule has 1 rings (SSSR count). The third-order valence-corrected chi connectivity index (χ3v) is 1.84. The molecule has 0 fully saturated rings. The standard InChI is InChI=1S/C10H8BrFO2/c1-14-10(13)8-4-2-7(3-5-8)6-9(11)12/h2-6H,1H3/b9-6+. The molecule has 74 valence electrons. The van der Waals surface area contributed by atoms with Gasteiger partial charge in [0, 0.05) is 0 Å². The van der Waals surface area contributed by atoms with Gasteiger partial charge in [-0.05, 0) is 39.7 Å². The van der Waals surface area contributed by atoms with E-state index in [-0.39, 0.29) is 0 Å². The first kappa shape index (κ1) is 10.9. The van der Waals surface area contributed by atoms with Crippen LogP contribution < -0.4 is 0 Å². The highest BCUT2D eigenvalue weighted by Gasteiger charge is 2.03. The average molecular weight is 259 g/mol. The molecule has 0 aliphatic heterocycles. The lowest BCUT2D eigenvalue weighted by molar-refractivity contribution is 0.0601. The first-order chi connectivity index (χ1) is 6.63. The molecule has 0 aliphatic rings. The summed E-state index contributed by atoms with van der Waals surface area (Å²) in [5.74, 6) is -0.403. The number of hydrogen-bond donors (Lipinski definition) is 0. The smallest absolute Gasteiger partial charge is 0.337 e. The maximum atomic E-state index is 12.4. The summed E-state index contributed by atoms with van der Waals surface area (Å²) in [5, 5.41) is 0. The van der Waals surface area contributed by atoms with E-state index in [0.29, 0.717) is 11.1 Å². The Bertz CT molecular complexity index is 353. The number of carbonyl (C=O) groups excluding carboxylic acids is 1. The number of benzene rings is 1. The monoisotopic (exact) mass is 258 g/mol. The summed E-state index contributed by atoms with van der Waals surface area (Å²) in [5.41, 5.74) is 1.12. The summed E-state index contributed by atoms with van der Waals surface area (Å²) < 4.78 is 16.5. The molecular formula is C10H8BrFO2. The van der Waals surface area contributed by atoms with Crippen LogP contribution in [0.1, 0.15) is 15.9 Å². The van der Waals surface area contributed by atoms with Gasteiger partial charge in [0.15, 0.2) is 4.74 Å². The van der Waals surface area contributed by atoms with E-state index in [4.69, 9.17) is 0 Å². The summed E-state index contributed by atoms with van der Waals surface area (Å²) in [6.07, 6.45) is 1.31. The maximum absolute atomic E-state index is 12.4. The Hall–Kier alpha value is -1.16. The highest BCUT2D eigenvalue weighted by molar-refractivity contribution is 9.11. The van der Waals surface area contributed by atoms with E-state index in [9.17, 15) is 9.18 Å². The molecule has 0 atom stereocenters. The lowest BCUT2D eigenvalue weighted by Gasteiger charge is -1.98. The molecular weight excluding hydrogens is 251 g/mol. The minimum Gasteiger partial charge on any atom is -0.465 e. The number of carbonyl (C=O) groups is 1. The number of ether oxygens (including phenoxy) is 1. The molecule has 0 spiro atoms. The summed E-state index contributed by atoms with van der Waals surface area (Å²) in [6.45, 7) is 0. The van der Waals surface area contributed by atoms with Crippen molar-refractivity contribution in [2.45, 2.75) is 0 Å². The Kier molecular flexibility index (Phi) is 3.83. The van der Waals surface area contributed by atoms with Crippen molar-refractivity contribution in [1.82, 2.24) is 0 Å². The van der Waals surface area contributed by atoms with Gasteiger partial charge in [-0.15, -0.1) is 0 Å². The molecule has 0 N–H and O–H groups in total. The zero-order chi connectivity index (χ0) is 10.6. The van der Waals surface area contributed by atoms with Gasteiger partial charge in [-0.3, -0.25) is 0 Å². The third kappa shape index (κ3) is 2.96. The molecule has 0 saturated heterocycles. The van der Waals surface area contributed by atoms with Gasteiger partial charge in [-0.25, -0.2) is 4.79 Å². The van der Waals surface area contributed by atoms with Crippen LogP contribution in [0, 0.1) is 0 Å². The first-order valence-corrected chi connectivity index (χ1v) is 4.64. The third-order valence-electron chi connectivity index (χ3n) is 1.61. The SMILES string of the molecule is COC(=O)c1ccc(/C=C(/F)Br)cc1. The van der Waals surface area contributed by atoms with Gasteiger partial charge in [0.2, 0.25) is 0 Å². The molecule has 0 amide bonds. The molecule has 2 nitrogen and oxygen atoms in total. The van der Waals surface area contributed by atoms with Crippen molar-refractivity contribution in [2.75, 3.05) is 7.11 Å². The van der Waals surface area contributed by atoms with Crippen molar-refractivity contribution < 1.29 is 13.9 Å². The number of halogens is 2. The molecule has 0 radical (unpaired) electrons. The van der Waals surface area contributed by atoms with Gasteiger partial charge in [0.25, 0.3) is 0 Å². The minimum absolute atomic E-state index is 0.403. The summed E-state index contributed by atoms with van der Waals surface area (Å²) >= 11 is 2.68. The number of hydrogen-bond acceptors (Lipinski definition) is 2. The van der Waals surface area contributed by atoms with Gasteiger partial charge in [-0.1, -0.05) is 12.1 Å². The molecule has 0 saturated carbocycles. The van der Waals surface area contributed by atoms with Crippen LogP contribution in [0.4, 0.5) is 4.39 Å². The maximum Gasteiger partial charge on any atom is 0.337 e. The molecule has 4 heteroatoms. The van der Waals surface area contributed by atoms with E-state index >= 15 is 0 Å². The lowest BCUT2D eigenvalue weighted by atomic mass is 10.1. The minimum atomic E-state index is -0.455. The molecule has 1 aromatic rings. The Morgan fingerprint density at radius 2 is 2.00 bits per heavy atom. The van der Waals surface area contributed by atoms with Crippen molar-refractivity contribution >= 4 is 28.0 Å². The van der Waals surface area contributed by atoms with Crippen LogP contribution in [0.25, 0.3) is 6.08 Å². The van der Waals surface area contributed by atoms with Crippen LogP contribution in [-0.2, 0) is 4.74 Å². The molecule has 1 aromatic carbocycles. The van der Waals surface area contributed by atoms with Crippen LogP contribution >= 0.6 is 15.9 Å². The van der Waals surface area contributed by atoms with Gasteiger partial charge < -0.3 is 4.74 Å². The van der Waals surface area contributed by atoms with E-state index in [0.717, 1.165) is 0 Å². The van der Waals surface area contributed by atoms with Crippen molar-refractivity contribution in [3.05, 3.63) is 40.1 Å². The number of esters is 1. The Morgan fingerprint density at radius 1 is 1.43 bits per heavy atom. The second kappa shape index (κ2) is 4.91. The number of rotatable bonds is 2. The molecule has 0 bridgehead atoms. The second-order valence-electron chi connectivity index (χ2n) is 2.55. The molecule has 0 aromatic heterocycles. The number of methoxy groups -OCH3 is 1. The summed E-state index contributed by atoms with van der Waals surface area (Å²) in [7, 11) is 1.31. The topological polar surface area (TPSA) is 26.3 Å². The van der Waals surface area contributed by atoms with Crippen molar-refractivity contribution in [1.29, 1.82) is 0 Å². The zero-order valence-electron chi connectivity index (χ0n) is 7.46. The fourth-order valence-corrected chi connectivity index (χ4v) is 1.22. The quantitative estimate of drug-likeness (QED) is 0.762. The fourth-order valence-electron chi connectivity index (χ4n) is 0.959. The average Bonchev–Trinajstić information content (AvgIpc) is 2.17. The van der Waals surface area contributed by atoms with E-state index in [1.165, 1.54) is 13.2 Å². The fraction of sp³-hybridized carbons (Fsp3) is 0.100. The van der Waals surface area contributed by atoms with Gasteiger partial charge in [0.1, 0.15) is 0 Å². The van der Waals surface area contributed by atoms with E-state index in [1.54, 1.807) is 24.3 Å². The largest absolute Gasteiger partial charge is 0.465 e. The molecule has 0 heterocycles. The van der Waals surface area contributed by atoms with Crippen molar-refractivity contribution in [2.24, 2.45) is 0 Å².